The number of ether oxygens (including phenoxy) is 1. The predicted molar refractivity (Wildman–Crippen MR) is 94.5 cm³/mol. The maximum Gasteiger partial charge on any atom is 0.338 e. The molecule has 0 saturated heterocycles. The van der Waals surface area contributed by atoms with Crippen LogP contribution in [0.3, 0.4) is 0 Å². The highest BCUT2D eigenvalue weighted by atomic mass is 19.1. The highest BCUT2D eigenvalue weighted by molar-refractivity contribution is 6.02. The van der Waals surface area contributed by atoms with E-state index in [1.165, 1.54) is 18.7 Å². The minimum atomic E-state index is -1.70. The van der Waals surface area contributed by atoms with Gasteiger partial charge in [-0.05, 0) is 32.9 Å². The van der Waals surface area contributed by atoms with Crippen LogP contribution in [0.2, 0.25) is 0 Å². The first kappa shape index (κ1) is 19.3. The molecule has 8 heteroatoms. The van der Waals surface area contributed by atoms with Crippen LogP contribution in [0.4, 0.5) is 4.39 Å². The Labute approximate surface area is 151 Å². The minimum Gasteiger partial charge on any atom is -0.456 e. The van der Waals surface area contributed by atoms with Crippen molar-refractivity contribution in [3.8, 4) is 0 Å². The van der Waals surface area contributed by atoms with Crippen molar-refractivity contribution in [2.45, 2.75) is 32.7 Å². The Hall–Kier alpha value is -3.03. The second kappa shape index (κ2) is 8.37. The number of rotatable bonds is 7. The van der Waals surface area contributed by atoms with E-state index < -0.39 is 17.9 Å². The molecule has 1 unspecified atom stereocenters. The number of esters is 1. The van der Waals surface area contributed by atoms with E-state index in [0.29, 0.717) is 11.1 Å². The third-order valence-electron chi connectivity index (χ3n) is 3.07. The molecule has 1 aromatic carbocycles. The summed E-state index contributed by atoms with van der Waals surface area (Å²) in [5.74, 6) is -0.460. The summed E-state index contributed by atoms with van der Waals surface area (Å²) in [4.78, 5) is 20.9. The predicted octanol–water partition coefficient (Wildman–Crippen LogP) is 3.31. The van der Waals surface area contributed by atoms with Gasteiger partial charge < -0.3 is 9.57 Å². The van der Waals surface area contributed by atoms with E-state index in [1.807, 2.05) is 0 Å². The number of hydrogen-bond acceptors (Lipinski definition) is 6. The summed E-state index contributed by atoms with van der Waals surface area (Å²) in [7, 11) is 0. The Kier molecular flexibility index (Phi) is 6.21. The van der Waals surface area contributed by atoms with Gasteiger partial charge in [-0.3, -0.25) is 0 Å². The molecule has 0 bridgehead atoms. The van der Waals surface area contributed by atoms with Crippen LogP contribution in [0.15, 0.2) is 54.7 Å². The van der Waals surface area contributed by atoms with Crippen molar-refractivity contribution < 1.29 is 18.8 Å². The molecule has 0 aliphatic heterocycles. The molecule has 0 fully saturated rings. The number of halogens is 1. The first-order chi connectivity index (χ1) is 12.3. The second-order valence-electron chi connectivity index (χ2n) is 6.35. The summed E-state index contributed by atoms with van der Waals surface area (Å²) >= 11 is 0. The topological polar surface area (TPSA) is 78.6 Å². The Bertz CT molecular complexity index is 765. The van der Waals surface area contributed by atoms with E-state index in [4.69, 9.17) is 9.57 Å². The van der Waals surface area contributed by atoms with Crippen LogP contribution in [0.5, 0.6) is 0 Å². The lowest BCUT2D eigenvalue weighted by molar-refractivity contribution is 0.00695. The average Bonchev–Trinajstić information content (AvgIpc) is 3.11. The molecule has 0 radical (unpaired) electrons. The summed E-state index contributed by atoms with van der Waals surface area (Å²) in [5, 5.41) is 7.62. The Morgan fingerprint density at radius 2 is 2.00 bits per heavy atom. The molecule has 7 nitrogen and oxygen atoms in total. The number of benzene rings is 1. The van der Waals surface area contributed by atoms with Crippen molar-refractivity contribution in [1.29, 1.82) is 0 Å². The third kappa shape index (κ3) is 5.23. The van der Waals surface area contributed by atoms with Crippen molar-refractivity contribution in [2.75, 3.05) is 6.61 Å². The van der Waals surface area contributed by atoms with Crippen molar-refractivity contribution in [3.05, 3.63) is 60.7 Å². The number of hydrogen-bond donors (Lipinski definition) is 0. The fraction of sp³-hybridized carbons (Fsp3) is 0.333. The lowest BCUT2D eigenvalue weighted by atomic mass is 10.1. The summed E-state index contributed by atoms with van der Waals surface area (Å²) in [6.07, 6.45) is 2.26. The van der Waals surface area contributed by atoms with Crippen molar-refractivity contribution in [3.63, 3.8) is 0 Å². The smallest absolute Gasteiger partial charge is 0.338 e. The molecule has 1 atom stereocenters. The van der Waals surface area contributed by atoms with Crippen LogP contribution in [-0.2, 0) is 9.57 Å². The van der Waals surface area contributed by atoms with E-state index in [-0.39, 0.29) is 12.3 Å². The van der Waals surface area contributed by atoms with Crippen LogP contribution in [0.25, 0.3) is 0 Å². The molecule has 0 saturated carbocycles. The summed E-state index contributed by atoms with van der Waals surface area (Å²) in [5.41, 5.74) is 0.182. The number of oxime groups is 1. The zero-order valence-electron chi connectivity index (χ0n) is 14.9. The molecule has 0 aliphatic carbocycles. The normalized spacial score (nSPS) is 13.2. The van der Waals surface area contributed by atoms with Gasteiger partial charge in [-0.1, -0.05) is 29.9 Å². The number of carbonyl (C=O) groups excluding carboxylic acids is 1. The molecule has 2 rings (SSSR count). The largest absolute Gasteiger partial charge is 0.456 e. The summed E-state index contributed by atoms with van der Waals surface area (Å²) in [6, 6.07) is 6.22. The molecule has 0 spiro atoms. The van der Waals surface area contributed by atoms with Crippen molar-refractivity contribution in [1.82, 2.24) is 14.8 Å². The standard InChI is InChI=1S/C18H21FN4O3/c1-5-10-25-22-15(16(19)23-12-20-11-21-23)13-6-8-14(9-7-13)17(24)26-18(2,3)4/h5-9,11-12,16H,1,10H2,2-4H3. The SMILES string of the molecule is C=CCON=C(c1ccc(C(=O)OC(C)(C)C)cc1)C(F)n1cncn1. The molecule has 2 aromatic rings. The van der Waals surface area contributed by atoms with E-state index in [0.717, 1.165) is 4.68 Å². The highest BCUT2D eigenvalue weighted by Crippen LogP contribution is 2.18. The Morgan fingerprint density at radius 1 is 1.35 bits per heavy atom. The van der Waals surface area contributed by atoms with Gasteiger partial charge in [-0.15, -0.1) is 0 Å². The highest BCUT2D eigenvalue weighted by Gasteiger charge is 2.22. The molecule has 138 valence electrons. The monoisotopic (exact) mass is 360 g/mol. The molecule has 0 aliphatic rings. The first-order valence-electron chi connectivity index (χ1n) is 7.94. The number of nitrogens with zero attached hydrogens (tertiary/aromatic N) is 4. The quantitative estimate of drug-likeness (QED) is 0.249. The van der Waals surface area contributed by atoms with Gasteiger partial charge in [0.05, 0.1) is 5.56 Å². The van der Waals surface area contributed by atoms with Gasteiger partial charge in [-0.25, -0.2) is 18.9 Å². The van der Waals surface area contributed by atoms with E-state index in [2.05, 4.69) is 21.8 Å². The fourth-order valence-electron chi connectivity index (χ4n) is 1.97. The lowest BCUT2D eigenvalue weighted by Crippen LogP contribution is -2.24. The van der Waals surface area contributed by atoms with Crippen LogP contribution in [0, 0.1) is 0 Å². The molecule has 1 aromatic heterocycles. The second-order valence-corrected chi connectivity index (χ2v) is 6.35. The Morgan fingerprint density at radius 3 is 2.54 bits per heavy atom. The van der Waals surface area contributed by atoms with Gasteiger partial charge in [0, 0.05) is 5.56 Å². The van der Waals surface area contributed by atoms with Gasteiger partial charge >= 0.3 is 5.97 Å². The zero-order valence-corrected chi connectivity index (χ0v) is 14.9. The number of alkyl halides is 1. The number of carbonyl (C=O) groups is 1. The first-order valence-corrected chi connectivity index (χ1v) is 7.94. The van der Waals surface area contributed by atoms with E-state index >= 15 is 0 Å². The van der Waals surface area contributed by atoms with E-state index in [1.54, 1.807) is 45.0 Å². The molecular formula is C18H21FN4O3. The van der Waals surface area contributed by atoms with Gasteiger partial charge in [0.2, 0.25) is 6.30 Å². The van der Waals surface area contributed by atoms with Crippen molar-refractivity contribution >= 4 is 11.7 Å². The van der Waals surface area contributed by atoms with Crippen LogP contribution >= 0.6 is 0 Å². The van der Waals surface area contributed by atoms with Gasteiger partial charge in [0.25, 0.3) is 0 Å². The molecular weight excluding hydrogens is 339 g/mol. The van der Waals surface area contributed by atoms with Gasteiger partial charge in [0.1, 0.15) is 30.6 Å². The summed E-state index contributed by atoms with van der Waals surface area (Å²) < 4.78 is 21.1. The number of aromatic nitrogens is 3. The zero-order chi connectivity index (χ0) is 19.2. The van der Waals surface area contributed by atoms with Gasteiger partial charge in [-0.2, -0.15) is 5.10 Å². The minimum absolute atomic E-state index is 0.00640. The summed E-state index contributed by atoms with van der Waals surface area (Å²) in [6.45, 7) is 9.00. The maximum atomic E-state index is 14.8. The molecule has 0 amide bonds. The molecule has 0 N–H and O–H groups in total. The van der Waals surface area contributed by atoms with Crippen molar-refractivity contribution in [2.24, 2.45) is 5.16 Å². The van der Waals surface area contributed by atoms with E-state index in [9.17, 15) is 9.18 Å². The maximum absolute atomic E-state index is 14.8. The fourth-order valence-corrected chi connectivity index (χ4v) is 1.97. The lowest BCUT2D eigenvalue weighted by Gasteiger charge is -2.19. The average molecular weight is 360 g/mol. The molecule has 1 heterocycles. The van der Waals surface area contributed by atoms with Crippen LogP contribution in [-0.4, -0.2) is 38.7 Å². The third-order valence-corrected chi connectivity index (χ3v) is 3.07. The molecule has 26 heavy (non-hydrogen) atoms. The van der Waals surface area contributed by atoms with Crippen LogP contribution < -0.4 is 0 Å². The van der Waals surface area contributed by atoms with Crippen LogP contribution in [0.1, 0.15) is 43.0 Å². The Balaban J connectivity index is 2.26. The van der Waals surface area contributed by atoms with Gasteiger partial charge in [0.15, 0.2) is 0 Å².